The number of benzene rings is 2. The number of amides is 2. The van der Waals surface area contributed by atoms with Crippen LogP contribution in [0.3, 0.4) is 0 Å². The van der Waals surface area contributed by atoms with Crippen LogP contribution >= 0.6 is 11.3 Å². The predicted molar refractivity (Wildman–Crippen MR) is 120 cm³/mol. The summed E-state index contributed by atoms with van der Waals surface area (Å²) in [5.74, 6) is 0.425. The number of nitrogens with zero attached hydrogens (tertiary/aromatic N) is 3. The van der Waals surface area contributed by atoms with Gasteiger partial charge in [0.15, 0.2) is 0 Å². The molecule has 0 fully saturated rings. The largest absolute Gasteiger partial charge is 0.334 e. The minimum absolute atomic E-state index is 0.239. The number of urea groups is 1. The van der Waals surface area contributed by atoms with Gasteiger partial charge in [0.2, 0.25) is 5.82 Å². The Hall–Kier alpha value is -3.78. The van der Waals surface area contributed by atoms with E-state index in [1.54, 1.807) is 28.4 Å². The SMILES string of the molecule is CC1=C(c2nc(-c3ccccc3)no2)C(c2ccc(F)cc2)NC(=O)N1Cc1cccs1. The lowest BCUT2D eigenvalue weighted by Gasteiger charge is -2.35. The first-order valence-electron chi connectivity index (χ1n) is 10.1. The zero-order chi connectivity index (χ0) is 22.1. The van der Waals surface area contributed by atoms with E-state index in [2.05, 4.69) is 15.5 Å². The maximum Gasteiger partial charge on any atom is 0.322 e. The minimum atomic E-state index is -0.549. The van der Waals surface area contributed by atoms with E-state index in [-0.39, 0.29) is 11.8 Å². The first-order chi connectivity index (χ1) is 15.6. The summed E-state index contributed by atoms with van der Waals surface area (Å²) >= 11 is 1.58. The molecule has 0 bridgehead atoms. The van der Waals surface area contributed by atoms with E-state index in [1.165, 1.54) is 12.1 Å². The number of carbonyl (C=O) groups excluding carboxylic acids is 1. The molecule has 1 N–H and O–H groups in total. The molecule has 2 aromatic carbocycles. The summed E-state index contributed by atoms with van der Waals surface area (Å²) in [7, 11) is 0. The van der Waals surface area contributed by atoms with Crippen LogP contribution in [-0.4, -0.2) is 21.1 Å². The molecule has 8 heteroatoms. The van der Waals surface area contributed by atoms with Crippen LogP contribution in [0.5, 0.6) is 0 Å². The normalized spacial score (nSPS) is 16.4. The molecule has 1 aliphatic rings. The van der Waals surface area contributed by atoms with E-state index in [0.717, 1.165) is 16.0 Å². The molecular weight excluding hydrogens is 427 g/mol. The average molecular weight is 447 g/mol. The van der Waals surface area contributed by atoms with Crippen LogP contribution in [0.2, 0.25) is 0 Å². The second-order valence-electron chi connectivity index (χ2n) is 7.39. The van der Waals surface area contributed by atoms with E-state index < -0.39 is 6.04 Å². The summed E-state index contributed by atoms with van der Waals surface area (Å²) in [5, 5.41) is 9.15. The smallest absolute Gasteiger partial charge is 0.322 e. The Morgan fingerprint density at radius 3 is 2.59 bits per heavy atom. The van der Waals surface area contributed by atoms with Gasteiger partial charge in [-0.25, -0.2) is 9.18 Å². The van der Waals surface area contributed by atoms with Gasteiger partial charge in [-0.1, -0.05) is 53.7 Å². The molecule has 0 saturated carbocycles. The van der Waals surface area contributed by atoms with E-state index >= 15 is 0 Å². The van der Waals surface area contributed by atoms with Crippen LogP contribution in [0.25, 0.3) is 17.0 Å². The van der Waals surface area contributed by atoms with Crippen LogP contribution in [0, 0.1) is 5.82 Å². The molecule has 0 radical (unpaired) electrons. The highest BCUT2D eigenvalue weighted by atomic mass is 32.1. The number of nitrogens with one attached hydrogen (secondary N) is 1. The van der Waals surface area contributed by atoms with E-state index in [4.69, 9.17) is 4.52 Å². The predicted octanol–water partition coefficient (Wildman–Crippen LogP) is 5.63. The third kappa shape index (κ3) is 3.80. The Balaban J connectivity index is 1.60. The quantitative estimate of drug-likeness (QED) is 0.431. The Morgan fingerprint density at radius 1 is 1.09 bits per heavy atom. The maximum absolute atomic E-state index is 13.5. The van der Waals surface area contributed by atoms with Gasteiger partial charge in [0.1, 0.15) is 5.82 Å². The zero-order valence-electron chi connectivity index (χ0n) is 17.2. The van der Waals surface area contributed by atoms with Gasteiger partial charge in [0.25, 0.3) is 5.89 Å². The molecule has 160 valence electrons. The van der Waals surface area contributed by atoms with Crippen LogP contribution < -0.4 is 5.32 Å². The van der Waals surface area contributed by atoms with Crippen LogP contribution in [0.15, 0.2) is 82.3 Å². The van der Waals surface area contributed by atoms with Gasteiger partial charge in [-0.05, 0) is 36.1 Å². The Kier molecular flexibility index (Phi) is 5.28. The van der Waals surface area contributed by atoms with E-state index in [9.17, 15) is 9.18 Å². The minimum Gasteiger partial charge on any atom is -0.334 e. The van der Waals surface area contributed by atoms with Gasteiger partial charge in [-0.2, -0.15) is 4.98 Å². The molecule has 0 aliphatic carbocycles. The van der Waals surface area contributed by atoms with Crippen LogP contribution in [0.1, 0.15) is 29.3 Å². The first kappa shape index (κ1) is 20.1. The number of thiophene rings is 1. The summed E-state index contributed by atoms with van der Waals surface area (Å²) in [6.07, 6.45) is 0. The third-order valence-electron chi connectivity index (χ3n) is 5.38. The highest BCUT2D eigenvalue weighted by Gasteiger charge is 2.35. The maximum atomic E-state index is 13.5. The van der Waals surface area contributed by atoms with Gasteiger partial charge < -0.3 is 9.84 Å². The molecule has 2 aromatic heterocycles. The molecule has 4 aromatic rings. The van der Waals surface area contributed by atoms with Crippen molar-refractivity contribution in [2.75, 3.05) is 0 Å². The van der Waals surface area contributed by atoms with Crippen molar-refractivity contribution in [3.05, 3.63) is 100.0 Å². The number of hydrogen-bond acceptors (Lipinski definition) is 5. The summed E-state index contributed by atoms with van der Waals surface area (Å²) in [6.45, 7) is 2.29. The molecule has 1 atom stereocenters. The highest BCUT2D eigenvalue weighted by Crippen LogP contribution is 2.38. The lowest BCUT2D eigenvalue weighted by molar-refractivity contribution is 0.203. The topological polar surface area (TPSA) is 71.3 Å². The van der Waals surface area contributed by atoms with Gasteiger partial charge in [0.05, 0.1) is 18.2 Å². The number of halogens is 1. The number of aromatic nitrogens is 2. The molecular formula is C24H19FN4O2S. The van der Waals surface area contributed by atoms with E-state index in [0.29, 0.717) is 29.5 Å². The second kappa shape index (κ2) is 8.39. The van der Waals surface area contributed by atoms with E-state index in [1.807, 2.05) is 54.8 Å². The van der Waals surface area contributed by atoms with Crippen molar-refractivity contribution in [3.63, 3.8) is 0 Å². The molecule has 6 nitrogen and oxygen atoms in total. The fraction of sp³-hybridized carbons (Fsp3) is 0.125. The molecule has 1 aliphatic heterocycles. The fourth-order valence-electron chi connectivity index (χ4n) is 3.75. The molecule has 0 spiro atoms. The van der Waals surface area contributed by atoms with Crippen molar-refractivity contribution in [2.24, 2.45) is 0 Å². The summed E-state index contributed by atoms with van der Waals surface area (Å²) in [5.41, 5.74) is 2.95. The zero-order valence-corrected chi connectivity index (χ0v) is 18.0. The van der Waals surface area contributed by atoms with Crippen molar-refractivity contribution in [2.45, 2.75) is 19.5 Å². The lowest BCUT2D eigenvalue weighted by atomic mass is 9.94. The third-order valence-corrected chi connectivity index (χ3v) is 6.24. The summed E-state index contributed by atoms with van der Waals surface area (Å²) in [6, 6.07) is 18.7. The highest BCUT2D eigenvalue weighted by molar-refractivity contribution is 7.09. The fourth-order valence-corrected chi connectivity index (χ4v) is 4.44. The monoisotopic (exact) mass is 446 g/mol. The average Bonchev–Trinajstić information content (AvgIpc) is 3.50. The van der Waals surface area contributed by atoms with Gasteiger partial charge in [0, 0.05) is 16.1 Å². The van der Waals surface area contributed by atoms with Gasteiger partial charge >= 0.3 is 6.03 Å². The molecule has 0 saturated heterocycles. The van der Waals surface area contributed by atoms with Crippen molar-refractivity contribution in [1.29, 1.82) is 0 Å². The lowest BCUT2D eigenvalue weighted by Crippen LogP contribution is -2.45. The van der Waals surface area contributed by atoms with Crippen LogP contribution in [0.4, 0.5) is 9.18 Å². The van der Waals surface area contributed by atoms with Gasteiger partial charge in [-0.3, -0.25) is 4.90 Å². The molecule has 1 unspecified atom stereocenters. The van der Waals surface area contributed by atoms with Crippen molar-refractivity contribution in [1.82, 2.24) is 20.4 Å². The number of allylic oxidation sites excluding steroid dienone is 1. The Morgan fingerprint density at radius 2 is 1.88 bits per heavy atom. The number of carbonyl (C=O) groups is 1. The van der Waals surface area contributed by atoms with Crippen molar-refractivity contribution >= 4 is 22.9 Å². The van der Waals surface area contributed by atoms with Crippen molar-refractivity contribution < 1.29 is 13.7 Å². The molecule has 32 heavy (non-hydrogen) atoms. The summed E-state index contributed by atoms with van der Waals surface area (Å²) < 4.78 is 19.2. The second-order valence-corrected chi connectivity index (χ2v) is 8.42. The van der Waals surface area contributed by atoms with Crippen molar-refractivity contribution in [3.8, 4) is 11.4 Å². The van der Waals surface area contributed by atoms with Gasteiger partial charge in [-0.15, -0.1) is 11.3 Å². The molecule has 2 amide bonds. The summed E-state index contributed by atoms with van der Waals surface area (Å²) in [4.78, 5) is 20.4. The Bertz CT molecular complexity index is 1270. The number of hydrogen-bond donors (Lipinski definition) is 1. The molecule has 5 rings (SSSR count). The van der Waals surface area contributed by atoms with Crippen LogP contribution in [-0.2, 0) is 6.54 Å². The number of rotatable bonds is 5. The molecule has 3 heterocycles. The standard InChI is InChI=1S/C24H19FN4O2S/c1-15-20(23-27-22(28-31-23)17-6-3-2-4-7-17)21(16-9-11-18(25)12-10-16)26-24(30)29(15)14-19-8-5-13-32-19/h2-13,21H,14H2,1H3,(H,26,30). The first-order valence-corrected chi connectivity index (χ1v) is 10.9. The Labute approximate surface area is 188 Å².